The molecule has 1 unspecified atom stereocenters. The first-order valence-electron chi connectivity index (χ1n) is 9.51. The summed E-state index contributed by atoms with van der Waals surface area (Å²) in [5.41, 5.74) is 0. The van der Waals surface area contributed by atoms with Crippen LogP contribution in [0.3, 0.4) is 0 Å². The minimum atomic E-state index is -1.56. The molecular formula is C21H30NNaO6. The number of carboxylic acid groups (broad SMARTS) is 1. The Labute approximate surface area is 195 Å². The molecule has 0 saturated heterocycles. The quantitative estimate of drug-likeness (QED) is 0.206. The van der Waals surface area contributed by atoms with Gasteiger partial charge in [-0.15, -0.1) is 0 Å². The zero-order valence-corrected chi connectivity index (χ0v) is 19.7. The summed E-state index contributed by atoms with van der Waals surface area (Å²) in [6.45, 7) is 7.16. The number of rotatable bonds is 14. The van der Waals surface area contributed by atoms with Gasteiger partial charge >= 0.3 is 35.5 Å². The van der Waals surface area contributed by atoms with Crippen LogP contribution >= 0.6 is 0 Å². The van der Waals surface area contributed by atoms with Crippen molar-refractivity contribution in [1.82, 2.24) is 4.90 Å². The summed E-state index contributed by atoms with van der Waals surface area (Å²) >= 11 is 0. The van der Waals surface area contributed by atoms with Gasteiger partial charge in [-0.1, -0.05) is 50.8 Å². The average Bonchev–Trinajstić information content (AvgIpc) is 2.65. The smallest absolute Gasteiger partial charge is 0.550 e. The molecule has 0 aromatic heterocycles. The summed E-state index contributed by atoms with van der Waals surface area (Å²) in [6.07, 6.45) is 10.2. The fourth-order valence-corrected chi connectivity index (χ4v) is 2.39. The van der Waals surface area contributed by atoms with Crippen LogP contribution in [-0.4, -0.2) is 41.3 Å². The fourth-order valence-electron chi connectivity index (χ4n) is 2.39. The number of esters is 1. The van der Waals surface area contributed by atoms with Crippen molar-refractivity contribution in [2.45, 2.75) is 64.8 Å². The third kappa shape index (κ3) is 13.2. The molecular weight excluding hydrogens is 385 g/mol. The van der Waals surface area contributed by atoms with E-state index in [2.05, 4.69) is 6.58 Å². The molecule has 0 heterocycles. The molecule has 1 atom stereocenters. The maximum absolute atomic E-state index is 12.6. The molecule has 0 aromatic rings. The van der Waals surface area contributed by atoms with E-state index in [4.69, 9.17) is 4.74 Å². The van der Waals surface area contributed by atoms with E-state index < -0.39 is 36.2 Å². The number of nitrogens with zero attached hydrogens (tertiary/aromatic N) is 1. The van der Waals surface area contributed by atoms with Crippen LogP contribution in [0.1, 0.15) is 58.8 Å². The van der Waals surface area contributed by atoms with Crippen LogP contribution in [0.15, 0.2) is 37.0 Å². The number of carbonyl (C=O) groups excluding carboxylic acids is 4. The van der Waals surface area contributed by atoms with E-state index in [1.165, 1.54) is 6.08 Å². The molecule has 0 rings (SSSR count). The first-order chi connectivity index (χ1) is 13.4. The van der Waals surface area contributed by atoms with E-state index in [0.717, 1.165) is 17.7 Å². The van der Waals surface area contributed by atoms with E-state index >= 15 is 0 Å². The van der Waals surface area contributed by atoms with Crippen LogP contribution in [0.25, 0.3) is 0 Å². The van der Waals surface area contributed by atoms with Crippen LogP contribution in [0.5, 0.6) is 0 Å². The topological polar surface area (TPSA) is 104 Å². The number of carbonyl (C=O) groups is 4. The number of imide groups is 1. The Morgan fingerprint density at radius 3 is 1.83 bits per heavy atom. The van der Waals surface area contributed by atoms with Crippen LogP contribution in [0, 0.1) is 0 Å². The van der Waals surface area contributed by atoms with Crippen molar-refractivity contribution in [2.24, 2.45) is 0 Å². The Kier molecular flexibility index (Phi) is 18.7. The number of hydrogen-bond donors (Lipinski definition) is 0. The molecule has 0 N–H and O–H groups in total. The molecule has 0 aromatic carbocycles. The van der Waals surface area contributed by atoms with Crippen LogP contribution in [-0.2, 0) is 23.9 Å². The minimum Gasteiger partial charge on any atom is -0.550 e. The number of carboxylic acids is 1. The predicted octanol–water partition coefficient (Wildman–Crippen LogP) is -0.924. The monoisotopic (exact) mass is 415 g/mol. The van der Waals surface area contributed by atoms with Crippen molar-refractivity contribution in [2.75, 3.05) is 6.61 Å². The normalized spacial score (nSPS) is 11.7. The molecule has 7 nitrogen and oxygen atoms in total. The first-order valence-corrected chi connectivity index (χ1v) is 9.51. The van der Waals surface area contributed by atoms with Crippen molar-refractivity contribution in [3.8, 4) is 0 Å². The van der Waals surface area contributed by atoms with Crippen molar-refractivity contribution in [1.29, 1.82) is 0 Å². The zero-order valence-electron chi connectivity index (χ0n) is 17.7. The Morgan fingerprint density at radius 1 is 0.966 bits per heavy atom. The Morgan fingerprint density at radius 2 is 1.45 bits per heavy atom. The molecule has 0 aliphatic rings. The van der Waals surface area contributed by atoms with E-state index in [0.29, 0.717) is 12.8 Å². The molecule has 2 amide bonds. The largest absolute Gasteiger partial charge is 1.00 e. The summed E-state index contributed by atoms with van der Waals surface area (Å²) in [5.74, 6) is -3.76. The second-order valence-electron chi connectivity index (χ2n) is 6.00. The number of ether oxygens (including phenoxy) is 1. The van der Waals surface area contributed by atoms with E-state index in [-0.39, 0.29) is 49.0 Å². The van der Waals surface area contributed by atoms with Gasteiger partial charge in [-0.25, -0.2) is 4.79 Å². The number of aliphatic carboxylic acids is 1. The number of hydrogen-bond acceptors (Lipinski definition) is 6. The summed E-state index contributed by atoms with van der Waals surface area (Å²) in [6, 6.07) is -1.56. The maximum atomic E-state index is 12.6. The molecule has 29 heavy (non-hydrogen) atoms. The second-order valence-corrected chi connectivity index (χ2v) is 6.00. The summed E-state index contributed by atoms with van der Waals surface area (Å²) in [7, 11) is 0. The van der Waals surface area contributed by atoms with Gasteiger partial charge < -0.3 is 14.6 Å². The van der Waals surface area contributed by atoms with Crippen LogP contribution < -0.4 is 34.7 Å². The van der Waals surface area contributed by atoms with Gasteiger partial charge in [-0.2, -0.15) is 0 Å². The maximum Gasteiger partial charge on any atom is 1.00 e. The van der Waals surface area contributed by atoms with Crippen molar-refractivity contribution < 1.29 is 58.6 Å². The van der Waals surface area contributed by atoms with Crippen LogP contribution in [0.2, 0.25) is 0 Å². The molecule has 0 bridgehead atoms. The zero-order chi connectivity index (χ0) is 21.4. The SMILES string of the molecule is C=CCOC(=O)C(CC(=O)[O-])N(C(=O)CC/C=C/CC)C(=O)CC/C=C/CC.[Na+]. The van der Waals surface area contributed by atoms with Crippen LogP contribution in [0.4, 0.5) is 0 Å². The number of allylic oxidation sites excluding steroid dienone is 4. The second kappa shape index (κ2) is 18.3. The molecule has 0 fully saturated rings. The van der Waals surface area contributed by atoms with Gasteiger partial charge in [-0.3, -0.25) is 14.5 Å². The number of amides is 2. The molecule has 0 saturated carbocycles. The Balaban J connectivity index is 0. The summed E-state index contributed by atoms with van der Waals surface area (Å²) < 4.78 is 4.90. The molecule has 8 heteroatoms. The Hall–Kier alpha value is -1.70. The van der Waals surface area contributed by atoms with Gasteiger partial charge in [0, 0.05) is 25.2 Å². The van der Waals surface area contributed by atoms with E-state index in [1.54, 1.807) is 12.2 Å². The third-order valence-corrected chi connectivity index (χ3v) is 3.68. The molecule has 0 radical (unpaired) electrons. The van der Waals surface area contributed by atoms with Gasteiger partial charge in [0.2, 0.25) is 11.8 Å². The van der Waals surface area contributed by atoms with Gasteiger partial charge in [-0.05, 0) is 25.7 Å². The Bertz CT molecular complexity index is 570. The standard InChI is InChI=1S/C21H31NO6.Na/c1-4-7-9-11-13-18(23)22(19(24)14-12-10-8-5-2)17(16-20(25)26)21(27)28-15-6-3;/h6-10,17H,3-5,11-16H2,1-2H3,(H,25,26);/q;+1/p-1/b9-7+,10-8+;. The fraction of sp³-hybridized carbons (Fsp3) is 0.524. The van der Waals surface area contributed by atoms with Gasteiger partial charge in [0.25, 0.3) is 0 Å². The summed E-state index contributed by atoms with van der Waals surface area (Å²) in [4.78, 5) is 49.5. The molecule has 0 aliphatic carbocycles. The minimum absolute atomic E-state index is 0. The van der Waals surface area contributed by atoms with E-state index in [1.807, 2.05) is 26.0 Å². The molecule has 156 valence electrons. The van der Waals surface area contributed by atoms with Gasteiger partial charge in [0.15, 0.2) is 0 Å². The van der Waals surface area contributed by atoms with E-state index in [9.17, 15) is 24.3 Å². The molecule has 0 aliphatic heterocycles. The first kappa shape index (κ1) is 29.5. The molecule has 0 spiro atoms. The van der Waals surface area contributed by atoms with Crippen molar-refractivity contribution >= 4 is 23.8 Å². The third-order valence-electron chi connectivity index (χ3n) is 3.68. The van der Waals surface area contributed by atoms with Crippen molar-refractivity contribution in [3.63, 3.8) is 0 Å². The van der Waals surface area contributed by atoms with Gasteiger partial charge in [0.1, 0.15) is 12.6 Å². The van der Waals surface area contributed by atoms with Crippen molar-refractivity contribution in [3.05, 3.63) is 37.0 Å². The summed E-state index contributed by atoms with van der Waals surface area (Å²) in [5, 5.41) is 11.1. The predicted molar refractivity (Wildman–Crippen MR) is 104 cm³/mol. The average molecular weight is 415 g/mol. The van der Waals surface area contributed by atoms with Gasteiger partial charge in [0.05, 0.1) is 0 Å².